The van der Waals surface area contributed by atoms with Crippen molar-refractivity contribution >= 4 is 29.5 Å². The summed E-state index contributed by atoms with van der Waals surface area (Å²) in [5.74, 6) is -1.11. The Bertz CT molecular complexity index is 470. The zero-order chi connectivity index (χ0) is 19.5. The van der Waals surface area contributed by atoms with Crippen molar-refractivity contribution in [3.63, 3.8) is 0 Å². The van der Waals surface area contributed by atoms with Crippen molar-refractivity contribution < 1.29 is 38.1 Å². The first-order valence-electron chi connectivity index (χ1n) is 8.66. The number of hydrogen-bond donors (Lipinski definition) is 0. The first-order chi connectivity index (χ1) is 12.3. The highest BCUT2D eigenvalue weighted by Gasteiger charge is 2.47. The Morgan fingerprint density at radius 3 is 2.04 bits per heavy atom. The fourth-order valence-corrected chi connectivity index (χ4v) is 2.79. The number of unbranched alkanes of at least 4 members (excludes halogenated alkanes) is 3. The molecule has 0 amide bonds. The molecule has 1 fully saturated rings. The minimum atomic E-state index is -1.03. The van der Waals surface area contributed by atoms with E-state index in [1.54, 1.807) is 0 Å². The lowest BCUT2D eigenvalue weighted by molar-refractivity contribution is -0.281. The summed E-state index contributed by atoms with van der Waals surface area (Å²) in [5, 5.41) is 0. The van der Waals surface area contributed by atoms with Gasteiger partial charge < -0.3 is 23.7 Å². The Labute approximate surface area is 158 Å². The molecule has 0 bridgehead atoms. The van der Waals surface area contributed by atoms with E-state index in [0.29, 0.717) is 12.5 Å². The fourth-order valence-electron chi connectivity index (χ4n) is 2.60. The van der Waals surface area contributed by atoms with Crippen molar-refractivity contribution in [3.8, 4) is 0 Å². The number of carbonyl (C=O) groups excluding carboxylic acids is 3. The minimum absolute atomic E-state index is 0.0355. The lowest BCUT2D eigenvalue weighted by Crippen LogP contribution is -2.58. The third-order valence-corrected chi connectivity index (χ3v) is 3.88. The predicted molar refractivity (Wildman–Crippen MR) is 91.5 cm³/mol. The highest BCUT2D eigenvalue weighted by molar-refractivity contribution is 6.17. The highest BCUT2D eigenvalue weighted by Crippen LogP contribution is 2.25. The van der Waals surface area contributed by atoms with Crippen LogP contribution in [0.4, 0.5) is 0 Å². The lowest BCUT2D eigenvalue weighted by Gasteiger charge is -2.40. The van der Waals surface area contributed by atoms with E-state index in [9.17, 15) is 14.4 Å². The van der Waals surface area contributed by atoms with Crippen molar-refractivity contribution in [3.05, 3.63) is 0 Å². The summed E-state index contributed by atoms with van der Waals surface area (Å²) in [5.41, 5.74) is 0. The summed E-state index contributed by atoms with van der Waals surface area (Å²) < 4.78 is 26.9. The molecule has 0 radical (unpaired) electrons. The van der Waals surface area contributed by atoms with Gasteiger partial charge in [-0.2, -0.15) is 0 Å². The second-order valence-corrected chi connectivity index (χ2v) is 6.35. The summed E-state index contributed by atoms with van der Waals surface area (Å²) in [6.07, 6.45) is -0.164. The molecule has 4 atom stereocenters. The van der Waals surface area contributed by atoms with Gasteiger partial charge in [0.05, 0.1) is 6.61 Å². The maximum Gasteiger partial charge on any atom is 0.303 e. The Balaban J connectivity index is 2.74. The van der Waals surface area contributed by atoms with E-state index in [2.05, 4.69) is 0 Å². The van der Waals surface area contributed by atoms with E-state index < -0.39 is 42.5 Å². The lowest BCUT2D eigenvalue weighted by atomic mass is 10.0. The molecule has 1 aliphatic rings. The monoisotopic (exact) mass is 394 g/mol. The molecule has 8 nitrogen and oxygen atoms in total. The molecule has 0 N–H and O–H groups in total. The van der Waals surface area contributed by atoms with Crippen LogP contribution >= 0.6 is 11.6 Å². The number of esters is 3. The number of hydrogen-bond acceptors (Lipinski definition) is 8. The molecule has 0 aliphatic carbocycles. The van der Waals surface area contributed by atoms with Crippen LogP contribution in [0.15, 0.2) is 0 Å². The SMILES string of the molecule is CC(=O)O[C@@H]1[C@@H](OC(C)=O)[C@H](OCCCCCCCl)OC[C@H]1OC(C)=O. The van der Waals surface area contributed by atoms with Gasteiger partial charge in [-0.15, -0.1) is 11.6 Å². The molecule has 1 heterocycles. The van der Waals surface area contributed by atoms with Crippen molar-refractivity contribution in [2.75, 3.05) is 19.1 Å². The number of ether oxygens (including phenoxy) is 5. The fraction of sp³-hybridized carbons (Fsp3) is 0.824. The van der Waals surface area contributed by atoms with Gasteiger partial charge in [0.15, 0.2) is 24.6 Å². The van der Waals surface area contributed by atoms with Gasteiger partial charge in [-0.1, -0.05) is 12.8 Å². The Kier molecular flexibility index (Phi) is 10.5. The van der Waals surface area contributed by atoms with E-state index in [1.807, 2.05) is 0 Å². The summed E-state index contributed by atoms with van der Waals surface area (Å²) in [4.78, 5) is 34.2. The molecule has 0 spiro atoms. The van der Waals surface area contributed by atoms with Gasteiger partial charge >= 0.3 is 17.9 Å². The van der Waals surface area contributed by atoms with E-state index in [-0.39, 0.29) is 6.61 Å². The number of alkyl halides is 1. The molecule has 0 unspecified atom stereocenters. The van der Waals surface area contributed by atoms with Gasteiger partial charge in [0.25, 0.3) is 0 Å². The van der Waals surface area contributed by atoms with Gasteiger partial charge in [-0.3, -0.25) is 14.4 Å². The molecule has 0 aromatic carbocycles. The molecule has 0 saturated carbocycles. The number of rotatable bonds is 10. The van der Waals surface area contributed by atoms with E-state index >= 15 is 0 Å². The molecule has 1 saturated heterocycles. The van der Waals surface area contributed by atoms with E-state index in [4.69, 9.17) is 35.3 Å². The molecular weight excluding hydrogens is 368 g/mol. The zero-order valence-electron chi connectivity index (χ0n) is 15.4. The van der Waals surface area contributed by atoms with Crippen LogP contribution in [-0.4, -0.2) is 61.6 Å². The second kappa shape index (κ2) is 12.1. The molecule has 26 heavy (non-hydrogen) atoms. The van der Waals surface area contributed by atoms with Crippen LogP contribution in [0.2, 0.25) is 0 Å². The third-order valence-electron chi connectivity index (χ3n) is 3.61. The minimum Gasteiger partial charge on any atom is -0.456 e. The van der Waals surface area contributed by atoms with Crippen molar-refractivity contribution in [1.82, 2.24) is 0 Å². The van der Waals surface area contributed by atoms with Crippen molar-refractivity contribution in [1.29, 1.82) is 0 Å². The predicted octanol–water partition coefficient (Wildman–Crippen LogP) is 1.95. The normalized spacial score (nSPS) is 25.4. The Morgan fingerprint density at radius 1 is 0.885 bits per heavy atom. The molecule has 1 aliphatic heterocycles. The Hall–Kier alpha value is -1.38. The van der Waals surface area contributed by atoms with E-state index in [0.717, 1.165) is 25.7 Å². The topological polar surface area (TPSA) is 97.4 Å². The van der Waals surface area contributed by atoms with Crippen LogP contribution in [-0.2, 0) is 38.1 Å². The highest BCUT2D eigenvalue weighted by atomic mass is 35.5. The summed E-state index contributed by atoms with van der Waals surface area (Å²) >= 11 is 5.63. The van der Waals surface area contributed by atoms with Crippen molar-refractivity contribution in [2.45, 2.75) is 71.1 Å². The third kappa shape index (κ3) is 8.33. The van der Waals surface area contributed by atoms with Crippen LogP contribution in [0.1, 0.15) is 46.5 Å². The summed E-state index contributed by atoms with van der Waals surface area (Å²) in [6.45, 7) is 4.03. The van der Waals surface area contributed by atoms with Crippen LogP contribution in [0.3, 0.4) is 0 Å². The van der Waals surface area contributed by atoms with Gasteiger partial charge in [-0.05, 0) is 12.8 Å². The summed E-state index contributed by atoms with van der Waals surface area (Å²) in [6, 6.07) is 0. The molecule has 1 rings (SSSR count). The first-order valence-corrected chi connectivity index (χ1v) is 9.19. The average molecular weight is 395 g/mol. The van der Waals surface area contributed by atoms with Gasteiger partial charge in [-0.25, -0.2) is 0 Å². The molecule has 0 aromatic heterocycles. The molecule has 150 valence electrons. The zero-order valence-corrected chi connectivity index (χ0v) is 16.2. The van der Waals surface area contributed by atoms with Crippen LogP contribution in [0.25, 0.3) is 0 Å². The van der Waals surface area contributed by atoms with Crippen LogP contribution in [0.5, 0.6) is 0 Å². The van der Waals surface area contributed by atoms with Crippen LogP contribution in [0, 0.1) is 0 Å². The van der Waals surface area contributed by atoms with Gasteiger partial charge in [0.1, 0.15) is 0 Å². The number of halogens is 1. The standard InChI is InChI=1S/C17H27ClO8/c1-11(19)24-14-10-23-17(22-9-7-5-4-6-8-18)16(26-13(3)21)15(14)25-12(2)20/h14-17H,4-10H2,1-3H3/t14-,15+,16-,17-/m1/s1. The maximum atomic E-state index is 11.5. The van der Waals surface area contributed by atoms with Crippen LogP contribution < -0.4 is 0 Å². The Morgan fingerprint density at radius 2 is 1.46 bits per heavy atom. The van der Waals surface area contributed by atoms with Gasteiger partial charge in [0.2, 0.25) is 0 Å². The maximum absolute atomic E-state index is 11.5. The largest absolute Gasteiger partial charge is 0.456 e. The van der Waals surface area contributed by atoms with Gasteiger partial charge in [0, 0.05) is 33.3 Å². The summed E-state index contributed by atoms with van der Waals surface area (Å²) in [7, 11) is 0. The second-order valence-electron chi connectivity index (χ2n) is 5.97. The first kappa shape index (κ1) is 22.7. The smallest absolute Gasteiger partial charge is 0.303 e. The molecule has 9 heteroatoms. The molecular formula is C17H27ClO8. The number of carbonyl (C=O) groups is 3. The average Bonchev–Trinajstić information content (AvgIpc) is 2.54. The van der Waals surface area contributed by atoms with E-state index in [1.165, 1.54) is 20.8 Å². The molecule has 0 aromatic rings. The van der Waals surface area contributed by atoms with Crippen molar-refractivity contribution in [2.24, 2.45) is 0 Å². The quantitative estimate of drug-likeness (QED) is 0.240.